The smallest absolute Gasteiger partial charge is 0.306 e. The van der Waals surface area contributed by atoms with E-state index in [1.807, 2.05) is 42.5 Å². The average molecular weight is 756 g/mol. The molecule has 50 heavy (non-hydrogen) atoms. The quantitative estimate of drug-likeness (QED) is 0.0183. The monoisotopic (exact) mass is 754 g/mol. The Hall–Kier alpha value is -2.63. The summed E-state index contributed by atoms with van der Waals surface area (Å²) in [4.78, 5) is 27.0. The molecule has 11 nitrogen and oxygen atoms in total. The molecular weight excluding hydrogens is 707 g/mol. The number of esters is 1. The summed E-state index contributed by atoms with van der Waals surface area (Å²) in [5, 5.41) is 14.4. The van der Waals surface area contributed by atoms with Gasteiger partial charge in [-0.05, 0) is 41.3 Å². The van der Waals surface area contributed by atoms with Crippen LogP contribution in [0.5, 0.6) is 0 Å². The summed E-state index contributed by atoms with van der Waals surface area (Å²) < 4.78 is 27.9. The van der Waals surface area contributed by atoms with Crippen LogP contribution in [0.2, 0.25) is 0 Å². The molecule has 0 radical (unpaired) electrons. The highest BCUT2D eigenvalue weighted by Gasteiger charge is 2.50. The van der Waals surface area contributed by atoms with Gasteiger partial charge in [0.2, 0.25) is 5.90 Å². The highest BCUT2D eigenvalue weighted by atomic mass is 35.6. The molecular formula is C36H49Cl3N4O7. The number of alkyl halides is 3. The number of hydrogen-bond donors (Lipinski definition) is 1. The highest BCUT2D eigenvalue weighted by Crippen LogP contribution is 2.34. The summed E-state index contributed by atoms with van der Waals surface area (Å²) >= 11 is 18.0. The first-order valence-corrected chi connectivity index (χ1v) is 18.5. The van der Waals surface area contributed by atoms with Crippen LogP contribution >= 0.6 is 34.8 Å². The highest BCUT2D eigenvalue weighted by molar-refractivity contribution is 6.76. The number of Topliss-reactive ketones (excluding diaryl/α,β-unsaturated/α-hetero) is 1. The van der Waals surface area contributed by atoms with Crippen molar-refractivity contribution in [3.63, 3.8) is 0 Å². The van der Waals surface area contributed by atoms with Crippen LogP contribution in [0.4, 0.5) is 0 Å². The Bertz CT molecular complexity index is 1420. The Morgan fingerprint density at radius 2 is 1.58 bits per heavy atom. The molecule has 2 aromatic rings. The van der Waals surface area contributed by atoms with Gasteiger partial charge in [0.05, 0.1) is 13.0 Å². The minimum Gasteiger partial charge on any atom is -0.469 e. The second-order valence-electron chi connectivity index (χ2n) is 12.5. The van der Waals surface area contributed by atoms with Crippen LogP contribution in [-0.4, -0.2) is 65.3 Å². The second kappa shape index (κ2) is 22.3. The minimum atomic E-state index is -2.23. The van der Waals surface area contributed by atoms with Crippen molar-refractivity contribution in [3.05, 3.63) is 58.5 Å². The largest absolute Gasteiger partial charge is 0.469 e. The topological polar surface area (TPSA) is 153 Å². The molecule has 1 fully saturated rings. The first-order valence-electron chi connectivity index (χ1n) is 17.4. The second-order valence-corrected chi connectivity index (χ2v) is 14.8. The van der Waals surface area contributed by atoms with Gasteiger partial charge in [0, 0.05) is 17.9 Å². The van der Waals surface area contributed by atoms with Crippen molar-refractivity contribution in [2.75, 3.05) is 13.2 Å². The Balaban J connectivity index is 1.79. The third kappa shape index (κ3) is 14.5. The van der Waals surface area contributed by atoms with Crippen molar-refractivity contribution in [1.29, 1.82) is 5.41 Å². The molecule has 0 aliphatic carbocycles. The number of azide groups is 1. The lowest BCUT2D eigenvalue weighted by Gasteiger charge is -2.44. The number of ketones is 1. The lowest BCUT2D eigenvalue weighted by Crippen LogP contribution is -2.61. The predicted octanol–water partition coefficient (Wildman–Crippen LogP) is 9.71. The van der Waals surface area contributed by atoms with Crippen molar-refractivity contribution in [1.82, 2.24) is 0 Å². The van der Waals surface area contributed by atoms with Crippen LogP contribution in [0.15, 0.2) is 47.6 Å². The molecule has 1 heterocycles. The summed E-state index contributed by atoms with van der Waals surface area (Å²) in [6.45, 7) is 3.62. The van der Waals surface area contributed by atoms with Crippen molar-refractivity contribution < 1.29 is 33.3 Å². The molecule has 2 aromatic carbocycles. The number of benzene rings is 2. The summed E-state index contributed by atoms with van der Waals surface area (Å²) in [5.41, 5.74) is 10.4. The Morgan fingerprint density at radius 1 is 0.920 bits per heavy atom. The number of nitrogens with zero attached hydrogens (tertiary/aromatic N) is 3. The Labute approximate surface area is 309 Å². The zero-order chi connectivity index (χ0) is 36.4. The number of rotatable bonds is 22. The Morgan fingerprint density at radius 3 is 2.22 bits per heavy atom. The van der Waals surface area contributed by atoms with Gasteiger partial charge in [-0.25, -0.2) is 0 Å². The zero-order valence-corrected chi connectivity index (χ0v) is 31.1. The number of carbonyl (C=O) groups is 2. The maximum absolute atomic E-state index is 12.5. The van der Waals surface area contributed by atoms with Gasteiger partial charge in [-0.15, -0.1) is 0 Å². The fraction of sp³-hybridized carbons (Fsp3) is 0.639. The number of unbranched alkanes of at least 4 members (excludes halogenated alkanes) is 9. The van der Waals surface area contributed by atoms with Crippen molar-refractivity contribution >= 4 is 63.2 Å². The number of hydrogen-bond acceptors (Lipinski definition) is 9. The van der Waals surface area contributed by atoms with E-state index in [0.717, 1.165) is 42.0 Å². The van der Waals surface area contributed by atoms with Crippen LogP contribution in [0.25, 0.3) is 21.2 Å². The maximum atomic E-state index is 12.5. The molecule has 0 bridgehead atoms. The third-order valence-corrected chi connectivity index (χ3v) is 8.95. The fourth-order valence-electron chi connectivity index (χ4n) is 5.72. The predicted molar refractivity (Wildman–Crippen MR) is 196 cm³/mol. The summed E-state index contributed by atoms with van der Waals surface area (Å²) in [6, 6.07) is 12.7. The number of fused-ring (bicyclic) bond motifs is 1. The third-order valence-electron chi connectivity index (χ3n) is 8.44. The molecule has 5 atom stereocenters. The van der Waals surface area contributed by atoms with Gasteiger partial charge in [0.1, 0.15) is 30.6 Å². The van der Waals surface area contributed by atoms with Crippen molar-refractivity contribution in [3.8, 4) is 0 Å². The van der Waals surface area contributed by atoms with E-state index in [1.54, 1.807) is 0 Å². The number of carbonyl (C=O) groups excluding carboxylic acids is 2. The lowest BCUT2D eigenvalue weighted by molar-refractivity contribution is -0.272. The van der Waals surface area contributed by atoms with Gasteiger partial charge < -0.3 is 28.5 Å². The van der Waals surface area contributed by atoms with E-state index < -0.39 is 46.3 Å². The van der Waals surface area contributed by atoms with Gasteiger partial charge >= 0.3 is 5.97 Å². The first-order chi connectivity index (χ1) is 24.0. The molecule has 0 unspecified atom stereocenters. The molecule has 3 rings (SSSR count). The van der Waals surface area contributed by atoms with E-state index in [1.165, 1.54) is 45.4 Å². The summed E-state index contributed by atoms with van der Waals surface area (Å²) in [7, 11) is 0. The van der Waals surface area contributed by atoms with Gasteiger partial charge in [-0.3, -0.25) is 10.2 Å². The van der Waals surface area contributed by atoms with E-state index in [2.05, 4.69) is 16.9 Å². The molecule has 1 aliphatic heterocycles. The Kier molecular flexibility index (Phi) is 18.7. The summed E-state index contributed by atoms with van der Waals surface area (Å²) in [5.74, 6) is -1.52. The van der Waals surface area contributed by atoms with Gasteiger partial charge in [-0.2, -0.15) is 0 Å². The molecule has 0 aromatic heterocycles. The SMILES string of the molecule is CCCCCCCCCCCCO[C@@H]1O[C@H](COC(=O)CCC(C)=O)[C@@H](OC(=N)C(Cl)(Cl)Cl)[C@H](OCc2ccc3ccccc3c2)[C@H]1N=[N+]=[N-]. The molecule has 14 heteroatoms. The fourth-order valence-corrected chi connectivity index (χ4v) is 5.85. The molecule has 0 spiro atoms. The first kappa shape index (κ1) is 41.8. The van der Waals surface area contributed by atoms with E-state index in [0.29, 0.717) is 6.61 Å². The molecule has 1 aliphatic rings. The van der Waals surface area contributed by atoms with Crippen molar-refractivity contribution in [2.45, 2.75) is 132 Å². The maximum Gasteiger partial charge on any atom is 0.306 e. The van der Waals surface area contributed by atoms with Crippen LogP contribution < -0.4 is 0 Å². The van der Waals surface area contributed by atoms with E-state index in [4.69, 9.17) is 63.9 Å². The minimum absolute atomic E-state index is 0.0171. The van der Waals surface area contributed by atoms with E-state index in [-0.39, 0.29) is 31.8 Å². The number of ether oxygens (including phenoxy) is 5. The van der Waals surface area contributed by atoms with E-state index >= 15 is 0 Å². The normalized spacial score (nSPS) is 20.6. The average Bonchev–Trinajstić information content (AvgIpc) is 3.08. The van der Waals surface area contributed by atoms with Gasteiger partial charge in [0.15, 0.2) is 12.4 Å². The van der Waals surface area contributed by atoms with Crippen molar-refractivity contribution in [2.24, 2.45) is 5.11 Å². The van der Waals surface area contributed by atoms with Crippen LogP contribution in [0, 0.1) is 5.41 Å². The standard InChI is InChI=1S/C36H49Cl3N4O7/c1-3-4-5-6-7-8-9-10-11-14-21-46-34-31(42-43-41)33(48-23-26-18-19-27-15-12-13-16-28(27)22-26)32(50-35(40)36(37,38)39)29(49-34)24-47-30(45)20-17-25(2)44/h12-13,15-16,18-19,22,29,31-34,40H,3-11,14,17,20-21,23-24H2,1-2H3/t29-,31-,32-,33-,34-/m1/s1. The van der Waals surface area contributed by atoms with Gasteiger partial charge in [0.25, 0.3) is 3.79 Å². The number of halogens is 3. The van der Waals surface area contributed by atoms with Gasteiger partial charge in [-0.1, -0.05) is 141 Å². The van der Waals surface area contributed by atoms with E-state index in [9.17, 15) is 15.1 Å². The summed E-state index contributed by atoms with van der Waals surface area (Å²) in [6.07, 6.45) is 6.89. The molecule has 1 N–H and O–H groups in total. The number of nitrogens with one attached hydrogen (secondary N) is 1. The lowest BCUT2D eigenvalue weighted by atomic mass is 9.96. The van der Waals surface area contributed by atoms with Crippen LogP contribution in [0.3, 0.4) is 0 Å². The van der Waals surface area contributed by atoms with Crippen LogP contribution in [-0.2, 0) is 39.9 Å². The molecule has 276 valence electrons. The zero-order valence-electron chi connectivity index (χ0n) is 28.9. The molecule has 1 saturated heterocycles. The van der Waals surface area contributed by atoms with Crippen LogP contribution in [0.1, 0.15) is 96.5 Å². The molecule has 0 saturated carbocycles. The molecule has 0 amide bonds.